The molecule has 1 atom stereocenters. The van der Waals surface area contributed by atoms with Crippen LogP contribution in [0.4, 0.5) is 5.69 Å². The van der Waals surface area contributed by atoms with Gasteiger partial charge in [0, 0.05) is 18.3 Å². The second-order valence-electron chi connectivity index (χ2n) is 3.31. The van der Waals surface area contributed by atoms with Gasteiger partial charge in [-0.05, 0) is 25.1 Å². The van der Waals surface area contributed by atoms with Gasteiger partial charge in [0.15, 0.2) is 0 Å². The lowest BCUT2D eigenvalue weighted by Crippen LogP contribution is -2.19. The highest BCUT2D eigenvalue weighted by atomic mass is 16.5. The fourth-order valence-electron chi connectivity index (χ4n) is 1.51. The molecule has 1 heterocycles. The first-order chi connectivity index (χ1) is 6.34. The molecule has 1 saturated heterocycles. The topological polar surface area (TPSA) is 47.3 Å². The van der Waals surface area contributed by atoms with Crippen LogP contribution in [0.15, 0.2) is 24.3 Å². The third kappa shape index (κ3) is 2.12. The van der Waals surface area contributed by atoms with E-state index in [9.17, 15) is 0 Å². The molecule has 2 rings (SSSR count). The third-order valence-electron chi connectivity index (χ3n) is 2.18. The van der Waals surface area contributed by atoms with Crippen LogP contribution in [0.2, 0.25) is 0 Å². The maximum atomic E-state index is 5.71. The first-order valence-electron chi connectivity index (χ1n) is 4.57. The molecule has 3 nitrogen and oxygen atoms in total. The molecule has 1 fully saturated rings. The van der Waals surface area contributed by atoms with Crippen molar-refractivity contribution in [1.82, 2.24) is 5.32 Å². The van der Waals surface area contributed by atoms with Crippen molar-refractivity contribution in [3.8, 4) is 5.75 Å². The number of rotatable bonds is 2. The molecule has 13 heavy (non-hydrogen) atoms. The number of benzene rings is 1. The minimum Gasteiger partial charge on any atom is -0.489 e. The summed E-state index contributed by atoms with van der Waals surface area (Å²) in [4.78, 5) is 0. The van der Waals surface area contributed by atoms with E-state index in [1.165, 1.54) is 0 Å². The summed E-state index contributed by atoms with van der Waals surface area (Å²) in [7, 11) is 0. The molecule has 0 bridgehead atoms. The Morgan fingerprint density at radius 1 is 1.46 bits per heavy atom. The summed E-state index contributed by atoms with van der Waals surface area (Å²) in [5.74, 6) is 0.869. The maximum absolute atomic E-state index is 5.71. The molecular weight excluding hydrogens is 164 g/mol. The van der Waals surface area contributed by atoms with E-state index in [2.05, 4.69) is 5.32 Å². The molecule has 1 aliphatic heterocycles. The van der Waals surface area contributed by atoms with Crippen molar-refractivity contribution < 1.29 is 4.74 Å². The summed E-state index contributed by atoms with van der Waals surface area (Å²) in [5.41, 5.74) is 6.39. The number of ether oxygens (including phenoxy) is 1. The molecular formula is C10H14N2O. The lowest BCUT2D eigenvalue weighted by molar-refractivity contribution is 0.223. The van der Waals surface area contributed by atoms with Gasteiger partial charge in [-0.25, -0.2) is 0 Å². The molecule has 0 radical (unpaired) electrons. The van der Waals surface area contributed by atoms with Crippen molar-refractivity contribution in [2.45, 2.75) is 12.5 Å². The summed E-state index contributed by atoms with van der Waals surface area (Å²) in [6, 6.07) is 7.57. The molecule has 3 N–H and O–H groups in total. The van der Waals surface area contributed by atoms with Crippen molar-refractivity contribution in [2.24, 2.45) is 0 Å². The predicted octanol–water partition coefficient (Wildman–Crippen LogP) is 1.01. The van der Waals surface area contributed by atoms with Crippen molar-refractivity contribution in [3.63, 3.8) is 0 Å². The molecule has 0 aromatic heterocycles. The fourth-order valence-corrected chi connectivity index (χ4v) is 1.51. The highest BCUT2D eigenvalue weighted by molar-refractivity contribution is 5.43. The summed E-state index contributed by atoms with van der Waals surface area (Å²) in [5, 5.41) is 3.25. The van der Waals surface area contributed by atoms with Crippen molar-refractivity contribution in [3.05, 3.63) is 24.3 Å². The number of nitrogen functional groups attached to an aromatic ring is 1. The Balaban J connectivity index is 2.00. The van der Waals surface area contributed by atoms with E-state index in [0.717, 1.165) is 30.9 Å². The van der Waals surface area contributed by atoms with Crippen LogP contribution in [-0.4, -0.2) is 19.2 Å². The molecule has 1 aromatic carbocycles. The van der Waals surface area contributed by atoms with E-state index < -0.39 is 0 Å². The van der Waals surface area contributed by atoms with Crippen LogP contribution in [0.5, 0.6) is 5.75 Å². The van der Waals surface area contributed by atoms with E-state index in [0.29, 0.717) is 6.10 Å². The van der Waals surface area contributed by atoms with Gasteiger partial charge in [0.1, 0.15) is 11.9 Å². The second kappa shape index (κ2) is 3.66. The summed E-state index contributed by atoms with van der Waals surface area (Å²) in [6.45, 7) is 1.99. The Morgan fingerprint density at radius 3 is 3.08 bits per heavy atom. The number of nitrogens with two attached hydrogens (primary N) is 1. The zero-order chi connectivity index (χ0) is 9.10. The van der Waals surface area contributed by atoms with E-state index >= 15 is 0 Å². The lowest BCUT2D eigenvalue weighted by atomic mass is 10.3. The molecule has 0 spiro atoms. The molecule has 1 aliphatic rings. The zero-order valence-corrected chi connectivity index (χ0v) is 7.49. The first kappa shape index (κ1) is 8.38. The zero-order valence-electron chi connectivity index (χ0n) is 7.49. The van der Waals surface area contributed by atoms with E-state index in [-0.39, 0.29) is 0 Å². The van der Waals surface area contributed by atoms with Crippen LogP contribution in [0.25, 0.3) is 0 Å². The average molecular weight is 178 g/mol. The Labute approximate surface area is 77.9 Å². The monoisotopic (exact) mass is 178 g/mol. The average Bonchev–Trinajstić information content (AvgIpc) is 2.57. The summed E-state index contributed by atoms with van der Waals surface area (Å²) < 4.78 is 5.71. The highest BCUT2D eigenvalue weighted by Crippen LogP contribution is 2.17. The van der Waals surface area contributed by atoms with E-state index in [4.69, 9.17) is 10.5 Å². The van der Waals surface area contributed by atoms with Crippen LogP contribution in [0.3, 0.4) is 0 Å². The van der Waals surface area contributed by atoms with Gasteiger partial charge in [0.05, 0.1) is 0 Å². The van der Waals surface area contributed by atoms with Crippen LogP contribution in [0, 0.1) is 0 Å². The number of hydrogen-bond acceptors (Lipinski definition) is 3. The van der Waals surface area contributed by atoms with Crippen LogP contribution in [-0.2, 0) is 0 Å². The van der Waals surface area contributed by atoms with Crippen molar-refractivity contribution in [2.75, 3.05) is 18.8 Å². The summed E-state index contributed by atoms with van der Waals surface area (Å²) >= 11 is 0. The molecule has 0 saturated carbocycles. The van der Waals surface area contributed by atoms with Crippen LogP contribution in [0.1, 0.15) is 6.42 Å². The van der Waals surface area contributed by atoms with Gasteiger partial charge in [0.25, 0.3) is 0 Å². The quantitative estimate of drug-likeness (QED) is 0.664. The molecule has 1 aromatic rings. The second-order valence-corrected chi connectivity index (χ2v) is 3.31. The smallest absolute Gasteiger partial charge is 0.121 e. The molecule has 70 valence electrons. The highest BCUT2D eigenvalue weighted by Gasteiger charge is 2.15. The van der Waals surface area contributed by atoms with Gasteiger partial charge in [0.2, 0.25) is 0 Å². The van der Waals surface area contributed by atoms with E-state index in [1.807, 2.05) is 24.3 Å². The molecule has 0 amide bonds. The Kier molecular flexibility index (Phi) is 2.36. The molecule has 0 aliphatic carbocycles. The summed E-state index contributed by atoms with van der Waals surface area (Å²) in [6.07, 6.45) is 1.39. The van der Waals surface area contributed by atoms with Crippen molar-refractivity contribution in [1.29, 1.82) is 0 Å². The van der Waals surface area contributed by atoms with E-state index in [1.54, 1.807) is 0 Å². The van der Waals surface area contributed by atoms with Gasteiger partial charge < -0.3 is 15.8 Å². The van der Waals surface area contributed by atoms with Gasteiger partial charge in [-0.1, -0.05) is 6.07 Å². The standard InChI is InChI=1S/C10H14N2O/c11-8-2-1-3-9(6-8)13-10-4-5-12-7-10/h1-3,6,10,12H,4-5,7,11H2/t10-/m1/s1. The minimum absolute atomic E-state index is 0.307. The van der Waals surface area contributed by atoms with Gasteiger partial charge >= 0.3 is 0 Å². The SMILES string of the molecule is Nc1cccc(O[C@@H]2CCNC2)c1. The van der Waals surface area contributed by atoms with Gasteiger partial charge in [-0.15, -0.1) is 0 Å². The third-order valence-corrected chi connectivity index (χ3v) is 2.18. The lowest BCUT2D eigenvalue weighted by Gasteiger charge is -2.12. The van der Waals surface area contributed by atoms with Crippen molar-refractivity contribution >= 4 is 5.69 Å². The largest absolute Gasteiger partial charge is 0.489 e. The predicted molar refractivity (Wildman–Crippen MR) is 52.8 cm³/mol. The number of hydrogen-bond donors (Lipinski definition) is 2. The van der Waals surface area contributed by atoms with Crippen LogP contribution < -0.4 is 15.8 Å². The minimum atomic E-state index is 0.307. The molecule has 3 heteroatoms. The van der Waals surface area contributed by atoms with Crippen LogP contribution >= 0.6 is 0 Å². The Hall–Kier alpha value is -1.22. The fraction of sp³-hybridized carbons (Fsp3) is 0.400. The normalized spacial score (nSPS) is 21.7. The van der Waals surface area contributed by atoms with Gasteiger partial charge in [-0.3, -0.25) is 0 Å². The Bertz CT molecular complexity index is 282. The molecule has 0 unspecified atom stereocenters. The first-order valence-corrected chi connectivity index (χ1v) is 4.57. The Morgan fingerprint density at radius 2 is 2.38 bits per heavy atom. The van der Waals surface area contributed by atoms with Gasteiger partial charge in [-0.2, -0.15) is 0 Å². The number of nitrogens with one attached hydrogen (secondary N) is 1. The maximum Gasteiger partial charge on any atom is 0.121 e. The number of anilines is 1.